The molecule has 0 spiro atoms. The fourth-order valence-electron chi connectivity index (χ4n) is 2.34. The third-order valence-electron chi connectivity index (χ3n) is 3.74. The van der Waals surface area contributed by atoms with E-state index in [1.165, 1.54) is 24.5 Å². The lowest BCUT2D eigenvalue weighted by molar-refractivity contribution is 0.0939. The molecule has 2 aromatic heterocycles. The molecule has 128 valence electrons. The molecule has 1 atom stereocenters. The summed E-state index contributed by atoms with van der Waals surface area (Å²) < 4.78 is 19.8. The van der Waals surface area contributed by atoms with Gasteiger partial charge in [0.1, 0.15) is 5.75 Å². The molecule has 3 aromatic rings. The van der Waals surface area contributed by atoms with Crippen molar-refractivity contribution in [2.75, 3.05) is 0 Å². The maximum atomic E-state index is 14.3. The van der Waals surface area contributed by atoms with E-state index in [1.807, 2.05) is 0 Å². The minimum Gasteiger partial charge on any atom is -0.453 e. The quantitative estimate of drug-likeness (QED) is 0.744. The van der Waals surface area contributed by atoms with Gasteiger partial charge in [-0.2, -0.15) is 5.10 Å². The van der Waals surface area contributed by atoms with Crippen LogP contribution in [0.3, 0.4) is 0 Å². The van der Waals surface area contributed by atoms with Crippen molar-refractivity contribution < 1.29 is 13.9 Å². The zero-order chi connectivity index (χ0) is 17.8. The minimum atomic E-state index is -0.512. The third-order valence-corrected chi connectivity index (χ3v) is 3.74. The normalized spacial score (nSPS) is 11.8. The van der Waals surface area contributed by atoms with Crippen molar-refractivity contribution in [2.24, 2.45) is 0 Å². The number of aromatic nitrogens is 3. The Balaban J connectivity index is 1.71. The second kappa shape index (κ2) is 7.12. The monoisotopic (exact) mass is 340 g/mol. The van der Waals surface area contributed by atoms with Crippen LogP contribution in [0.15, 0.2) is 48.9 Å². The Kier molecular flexibility index (Phi) is 4.74. The van der Waals surface area contributed by atoms with E-state index in [4.69, 9.17) is 4.74 Å². The number of amides is 1. The van der Waals surface area contributed by atoms with Gasteiger partial charge in [-0.25, -0.2) is 4.39 Å². The molecule has 0 bridgehead atoms. The smallest absolute Gasteiger partial charge is 0.255 e. The lowest BCUT2D eigenvalue weighted by Crippen LogP contribution is -2.27. The van der Waals surface area contributed by atoms with E-state index in [1.54, 1.807) is 38.2 Å². The Morgan fingerprint density at radius 1 is 1.32 bits per heavy atom. The van der Waals surface area contributed by atoms with Gasteiger partial charge in [0, 0.05) is 11.9 Å². The lowest BCUT2D eigenvalue weighted by Gasteiger charge is -2.15. The molecule has 1 amide bonds. The summed E-state index contributed by atoms with van der Waals surface area (Å²) in [6.45, 7) is 3.54. The van der Waals surface area contributed by atoms with Gasteiger partial charge in [-0.15, -0.1) is 0 Å². The number of pyridine rings is 1. The molecule has 0 fully saturated rings. The molecule has 25 heavy (non-hydrogen) atoms. The van der Waals surface area contributed by atoms with Crippen LogP contribution in [0.2, 0.25) is 0 Å². The molecule has 0 saturated carbocycles. The van der Waals surface area contributed by atoms with Crippen LogP contribution < -0.4 is 10.1 Å². The fraction of sp³-hybridized carbons (Fsp3) is 0.167. The highest BCUT2D eigenvalue weighted by Crippen LogP contribution is 2.26. The Morgan fingerprint density at radius 2 is 2.16 bits per heavy atom. The number of halogens is 1. The molecule has 0 aliphatic heterocycles. The van der Waals surface area contributed by atoms with Crippen LogP contribution >= 0.6 is 0 Å². The molecular formula is C18H17FN4O2. The Bertz CT molecular complexity index is 880. The molecule has 3 rings (SSSR count). The standard InChI is InChI=1S/C18H17FN4O2/c1-11(22-18(24)15-10-21-23-12(15)2)13-5-6-17(16(19)8-13)25-14-4-3-7-20-9-14/h3-11H,1-2H3,(H,21,23)(H,22,24)/t11-/m0/s1. The number of nitrogens with one attached hydrogen (secondary N) is 2. The number of carbonyl (C=O) groups is 1. The summed E-state index contributed by atoms with van der Waals surface area (Å²) in [7, 11) is 0. The van der Waals surface area contributed by atoms with E-state index in [2.05, 4.69) is 20.5 Å². The second-order valence-corrected chi connectivity index (χ2v) is 5.58. The second-order valence-electron chi connectivity index (χ2n) is 5.58. The summed E-state index contributed by atoms with van der Waals surface area (Å²) in [6.07, 6.45) is 4.57. The first kappa shape index (κ1) is 16.6. The molecule has 6 nitrogen and oxygen atoms in total. The average Bonchev–Trinajstić information content (AvgIpc) is 3.03. The number of carbonyl (C=O) groups excluding carboxylic acids is 1. The van der Waals surface area contributed by atoms with Gasteiger partial charge in [0.05, 0.1) is 24.0 Å². The molecular weight excluding hydrogens is 323 g/mol. The Labute approximate surface area is 144 Å². The number of H-pyrrole nitrogens is 1. The van der Waals surface area contributed by atoms with Crippen LogP contribution in [0.5, 0.6) is 11.5 Å². The van der Waals surface area contributed by atoms with Gasteiger partial charge in [0.25, 0.3) is 5.91 Å². The van der Waals surface area contributed by atoms with Gasteiger partial charge < -0.3 is 10.1 Å². The summed E-state index contributed by atoms with van der Waals surface area (Å²) in [4.78, 5) is 16.1. The molecule has 1 aromatic carbocycles. The lowest BCUT2D eigenvalue weighted by atomic mass is 10.1. The van der Waals surface area contributed by atoms with Gasteiger partial charge in [0.2, 0.25) is 0 Å². The first-order valence-electron chi connectivity index (χ1n) is 7.72. The van der Waals surface area contributed by atoms with Crippen LogP contribution in [0, 0.1) is 12.7 Å². The van der Waals surface area contributed by atoms with Crippen molar-refractivity contribution in [3.05, 3.63) is 71.6 Å². The molecule has 2 N–H and O–H groups in total. The van der Waals surface area contributed by atoms with E-state index < -0.39 is 5.82 Å². The van der Waals surface area contributed by atoms with Crippen molar-refractivity contribution >= 4 is 5.91 Å². The van der Waals surface area contributed by atoms with E-state index in [0.717, 1.165) is 0 Å². The van der Waals surface area contributed by atoms with E-state index in [0.29, 0.717) is 22.6 Å². The van der Waals surface area contributed by atoms with Crippen LogP contribution in [0.4, 0.5) is 4.39 Å². The summed E-state index contributed by atoms with van der Waals surface area (Å²) in [5.41, 5.74) is 1.77. The van der Waals surface area contributed by atoms with Gasteiger partial charge in [-0.3, -0.25) is 14.9 Å². The minimum absolute atomic E-state index is 0.0981. The number of aromatic amines is 1. The van der Waals surface area contributed by atoms with E-state index in [-0.39, 0.29) is 17.7 Å². The largest absolute Gasteiger partial charge is 0.453 e. The van der Waals surface area contributed by atoms with Gasteiger partial charge in [0.15, 0.2) is 11.6 Å². The number of ether oxygens (including phenoxy) is 1. The summed E-state index contributed by atoms with van der Waals surface area (Å²) in [5, 5.41) is 9.35. The maximum absolute atomic E-state index is 14.3. The van der Waals surface area contributed by atoms with Crippen LogP contribution in [-0.2, 0) is 0 Å². The predicted molar refractivity (Wildman–Crippen MR) is 89.9 cm³/mol. The highest BCUT2D eigenvalue weighted by atomic mass is 19.1. The topological polar surface area (TPSA) is 79.9 Å². The first-order valence-corrected chi connectivity index (χ1v) is 7.72. The summed E-state index contributed by atoms with van der Waals surface area (Å²) >= 11 is 0. The van der Waals surface area contributed by atoms with Crippen LogP contribution in [-0.4, -0.2) is 21.1 Å². The first-order chi connectivity index (χ1) is 12.0. The van der Waals surface area contributed by atoms with E-state index in [9.17, 15) is 9.18 Å². The highest BCUT2D eigenvalue weighted by molar-refractivity contribution is 5.95. The maximum Gasteiger partial charge on any atom is 0.255 e. The summed E-state index contributed by atoms with van der Waals surface area (Å²) in [6, 6.07) is 7.61. The number of rotatable bonds is 5. The Morgan fingerprint density at radius 3 is 2.80 bits per heavy atom. The third kappa shape index (κ3) is 3.82. The van der Waals surface area contributed by atoms with Crippen molar-refractivity contribution in [3.63, 3.8) is 0 Å². The van der Waals surface area contributed by atoms with Crippen molar-refractivity contribution in [2.45, 2.75) is 19.9 Å². The molecule has 7 heteroatoms. The van der Waals surface area contributed by atoms with Gasteiger partial charge in [-0.1, -0.05) is 6.07 Å². The molecule has 0 radical (unpaired) electrons. The van der Waals surface area contributed by atoms with E-state index >= 15 is 0 Å². The van der Waals surface area contributed by atoms with Crippen molar-refractivity contribution in [1.82, 2.24) is 20.5 Å². The molecule has 2 heterocycles. The molecule has 0 saturated heterocycles. The molecule has 0 unspecified atom stereocenters. The molecule has 0 aliphatic carbocycles. The number of nitrogens with zero attached hydrogens (tertiary/aromatic N) is 2. The number of benzene rings is 1. The van der Waals surface area contributed by atoms with Crippen LogP contribution in [0.25, 0.3) is 0 Å². The molecule has 0 aliphatic rings. The van der Waals surface area contributed by atoms with Gasteiger partial charge in [-0.05, 0) is 43.7 Å². The number of hydrogen-bond acceptors (Lipinski definition) is 4. The highest BCUT2D eigenvalue weighted by Gasteiger charge is 2.16. The summed E-state index contributed by atoms with van der Waals surface area (Å²) in [5.74, 6) is -0.233. The number of aryl methyl sites for hydroxylation is 1. The predicted octanol–water partition coefficient (Wildman–Crippen LogP) is 3.54. The fourth-order valence-corrected chi connectivity index (χ4v) is 2.34. The zero-order valence-corrected chi connectivity index (χ0v) is 13.8. The Hall–Kier alpha value is -3.22. The average molecular weight is 340 g/mol. The van der Waals surface area contributed by atoms with Gasteiger partial charge >= 0.3 is 0 Å². The van der Waals surface area contributed by atoms with Crippen molar-refractivity contribution in [3.8, 4) is 11.5 Å². The SMILES string of the molecule is Cc1[nH]ncc1C(=O)N[C@@H](C)c1ccc(Oc2cccnc2)c(F)c1. The number of hydrogen-bond donors (Lipinski definition) is 2. The zero-order valence-electron chi connectivity index (χ0n) is 13.8. The van der Waals surface area contributed by atoms with Crippen molar-refractivity contribution in [1.29, 1.82) is 0 Å². The van der Waals surface area contributed by atoms with Crippen LogP contribution in [0.1, 0.15) is 34.6 Å².